The summed E-state index contributed by atoms with van der Waals surface area (Å²) in [4.78, 5) is 14.7. The molecule has 6 heteroatoms. The van der Waals surface area contributed by atoms with Crippen LogP contribution in [0.2, 0.25) is 0 Å². The van der Waals surface area contributed by atoms with Crippen molar-refractivity contribution >= 4 is 11.6 Å². The first-order chi connectivity index (χ1) is 8.60. The molecule has 0 aromatic carbocycles. The van der Waals surface area contributed by atoms with Crippen LogP contribution in [-0.2, 0) is 6.42 Å². The number of carbonyl (C=O) groups excluding carboxylic acids is 1. The largest absolute Gasteiger partial charge is 0.456 e. The SMILES string of the molecule is CCc1ccc(C(=O)Nc2ccc(F)nc2F)o1. The minimum atomic E-state index is -1.08. The summed E-state index contributed by atoms with van der Waals surface area (Å²) in [5, 5.41) is 2.25. The lowest BCUT2D eigenvalue weighted by atomic mass is 10.3. The van der Waals surface area contributed by atoms with Crippen molar-refractivity contribution in [3.63, 3.8) is 0 Å². The quantitative estimate of drug-likeness (QED) is 0.854. The van der Waals surface area contributed by atoms with Gasteiger partial charge in [-0.15, -0.1) is 0 Å². The topological polar surface area (TPSA) is 55.1 Å². The van der Waals surface area contributed by atoms with Crippen LogP contribution in [-0.4, -0.2) is 10.9 Å². The predicted octanol–water partition coefficient (Wildman–Crippen LogP) is 2.77. The molecule has 0 aliphatic heterocycles. The summed E-state index contributed by atoms with van der Waals surface area (Å²) in [6.07, 6.45) is 0.653. The van der Waals surface area contributed by atoms with Crippen LogP contribution in [0.5, 0.6) is 0 Å². The number of furan rings is 1. The first-order valence-electron chi connectivity index (χ1n) is 5.32. The normalized spacial score (nSPS) is 10.4. The zero-order valence-electron chi connectivity index (χ0n) is 9.54. The molecule has 94 valence electrons. The van der Waals surface area contributed by atoms with Gasteiger partial charge in [-0.3, -0.25) is 4.79 Å². The van der Waals surface area contributed by atoms with E-state index in [1.807, 2.05) is 6.92 Å². The van der Waals surface area contributed by atoms with E-state index in [0.29, 0.717) is 12.2 Å². The van der Waals surface area contributed by atoms with Gasteiger partial charge in [-0.05, 0) is 24.3 Å². The molecule has 1 N–H and O–H groups in total. The Hall–Kier alpha value is -2.24. The molecule has 0 saturated carbocycles. The third-order valence-electron chi connectivity index (χ3n) is 2.30. The van der Waals surface area contributed by atoms with Gasteiger partial charge in [-0.25, -0.2) is 0 Å². The highest BCUT2D eigenvalue weighted by atomic mass is 19.1. The summed E-state index contributed by atoms with van der Waals surface area (Å²) in [6.45, 7) is 1.88. The summed E-state index contributed by atoms with van der Waals surface area (Å²) in [5.74, 6) is -1.92. The molecule has 0 radical (unpaired) electrons. The first-order valence-corrected chi connectivity index (χ1v) is 5.32. The lowest BCUT2D eigenvalue weighted by Crippen LogP contribution is -2.13. The molecule has 0 aliphatic carbocycles. The van der Waals surface area contributed by atoms with E-state index < -0.39 is 17.8 Å². The monoisotopic (exact) mass is 252 g/mol. The van der Waals surface area contributed by atoms with E-state index in [0.717, 1.165) is 12.1 Å². The first kappa shape index (κ1) is 12.2. The molecule has 0 saturated heterocycles. The van der Waals surface area contributed by atoms with Crippen LogP contribution in [0.25, 0.3) is 0 Å². The zero-order chi connectivity index (χ0) is 13.1. The van der Waals surface area contributed by atoms with E-state index in [-0.39, 0.29) is 11.4 Å². The summed E-state index contributed by atoms with van der Waals surface area (Å²) < 4.78 is 31.0. The van der Waals surface area contributed by atoms with Gasteiger partial charge < -0.3 is 9.73 Å². The van der Waals surface area contributed by atoms with Gasteiger partial charge in [0, 0.05) is 6.42 Å². The standard InChI is InChI=1S/C12H10F2N2O2/c1-2-7-3-5-9(18-7)12(17)15-8-4-6-10(13)16-11(8)14/h3-6H,2H2,1H3,(H,15,17). The van der Waals surface area contributed by atoms with E-state index in [1.54, 1.807) is 6.07 Å². The van der Waals surface area contributed by atoms with E-state index in [1.165, 1.54) is 6.07 Å². The second kappa shape index (κ2) is 4.95. The Morgan fingerprint density at radius 2 is 2.11 bits per heavy atom. The summed E-state index contributed by atoms with van der Waals surface area (Å²) >= 11 is 0. The number of hydrogen-bond acceptors (Lipinski definition) is 3. The molecule has 2 aromatic heterocycles. The third kappa shape index (κ3) is 2.53. The van der Waals surface area contributed by atoms with Crippen molar-refractivity contribution in [1.82, 2.24) is 4.98 Å². The molecular formula is C12H10F2N2O2. The zero-order valence-corrected chi connectivity index (χ0v) is 9.54. The number of aryl methyl sites for hydroxylation is 1. The number of hydrogen-bond donors (Lipinski definition) is 1. The molecule has 2 heterocycles. The van der Waals surface area contributed by atoms with Gasteiger partial charge in [-0.1, -0.05) is 6.92 Å². The molecule has 18 heavy (non-hydrogen) atoms. The lowest BCUT2D eigenvalue weighted by molar-refractivity contribution is 0.0994. The average molecular weight is 252 g/mol. The molecule has 4 nitrogen and oxygen atoms in total. The fourth-order valence-corrected chi connectivity index (χ4v) is 1.38. The molecule has 0 atom stereocenters. The van der Waals surface area contributed by atoms with Crippen molar-refractivity contribution < 1.29 is 18.0 Å². The van der Waals surface area contributed by atoms with Crippen LogP contribution in [0.15, 0.2) is 28.7 Å². The average Bonchev–Trinajstić information content (AvgIpc) is 2.81. The van der Waals surface area contributed by atoms with Crippen molar-refractivity contribution in [2.75, 3.05) is 5.32 Å². The molecule has 0 unspecified atom stereocenters. The van der Waals surface area contributed by atoms with Gasteiger partial charge in [0.1, 0.15) is 5.76 Å². The molecule has 0 spiro atoms. The summed E-state index contributed by atoms with van der Waals surface area (Å²) in [5.41, 5.74) is -0.198. The van der Waals surface area contributed by atoms with Crippen LogP contribution in [0, 0.1) is 11.9 Å². The predicted molar refractivity (Wildman–Crippen MR) is 60.2 cm³/mol. The Bertz CT molecular complexity index is 581. The summed E-state index contributed by atoms with van der Waals surface area (Å²) in [7, 11) is 0. The molecule has 2 rings (SSSR count). The fraction of sp³-hybridized carbons (Fsp3) is 0.167. The number of nitrogens with one attached hydrogen (secondary N) is 1. The number of anilines is 1. The van der Waals surface area contributed by atoms with Crippen LogP contribution in [0.4, 0.5) is 14.5 Å². The minimum Gasteiger partial charge on any atom is -0.456 e. The maximum Gasteiger partial charge on any atom is 0.291 e. The van der Waals surface area contributed by atoms with Crippen LogP contribution in [0.1, 0.15) is 23.2 Å². The highest BCUT2D eigenvalue weighted by Crippen LogP contribution is 2.15. The van der Waals surface area contributed by atoms with E-state index >= 15 is 0 Å². The molecule has 1 amide bonds. The van der Waals surface area contributed by atoms with Gasteiger partial charge in [-0.2, -0.15) is 13.8 Å². The van der Waals surface area contributed by atoms with Gasteiger partial charge in [0.05, 0.1) is 5.69 Å². The van der Waals surface area contributed by atoms with Gasteiger partial charge in [0.15, 0.2) is 5.76 Å². The smallest absolute Gasteiger partial charge is 0.291 e. The number of pyridine rings is 1. The van der Waals surface area contributed by atoms with Crippen molar-refractivity contribution in [2.45, 2.75) is 13.3 Å². The second-order valence-corrected chi connectivity index (χ2v) is 3.55. The number of halogens is 2. The van der Waals surface area contributed by atoms with Crippen molar-refractivity contribution in [1.29, 1.82) is 0 Å². The fourth-order valence-electron chi connectivity index (χ4n) is 1.38. The molecule has 0 fully saturated rings. The molecule has 0 aliphatic rings. The van der Waals surface area contributed by atoms with E-state index in [2.05, 4.69) is 10.3 Å². The second-order valence-electron chi connectivity index (χ2n) is 3.55. The van der Waals surface area contributed by atoms with E-state index in [4.69, 9.17) is 4.42 Å². The third-order valence-corrected chi connectivity index (χ3v) is 2.30. The molecular weight excluding hydrogens is 242 g/mol. The van der Waals surface area contributed by atoms with Crippen LogP contribution < -0.4 is 5.32 Å². The maximum atomic E-state index is 13.2. The van der Waals surface area contributed by atoms with Gasteiger partial charge in [0.2, 0.25) is 11.9 Å². The Balaban J connectivity index is 2.16. The maximum absolute atomic E-state index is 13.2. The Kier molecular flexibility index (Phi) is 3.36. The highest BCUT2D eigenvalue weighted by Gasteiger charge is 2.14. The molecule has 0 bridgehead atoms. The highest BCUT2D eigenvalue weighted by molar-refractivity contribution is 6.02. The van der Waals surface area contributed by atoms with Gasteiger partial charge in [0.25, 0.3) is 5.91 Å². The number of carbonyl (C=O) groups is 1. The number of nitrogens with zero attached hydrogens (tertiary/aromatic N) is 1. The van der Waals surface area contributed by atoms with Crippen LogP contribution in [0.3, 0.4) is 0 Å². The van der Waals surface area contributed by atoms with E-state index in [9.17, 15) is 13.6 Å². The van der Waals surface area contributed by atoms with Crippen molar-refractivity contribution in [2.24, 2.45) is 0 Å². The Labute approximate surface area is 102 Å². The number of rotatable bonds is 3. The number of aromatic nitrogens is 1. The van der Waals surface area contributed by atoms with Crippen LogP contribution >= 0.6 is 0 Å². The Morgan fingerprint density at radius 1 is 1.33 bits per heavy atom. The lowest BCUT2D eigenvalue weighted by Gasteiger charge is -2.03. The minimum absolute atomic E-state index is 0.0653. The van der Waals surface area contributed by atoms with Gasteiger partial charge >= 0.3 is 0 Å². The molecule has 2 aromatic rings. The van der Waals surface area contributed by atoms with Crippen molar-refractivity contribution in [3.8, 4) is 0 Å². The van der Waals surface area contributed by atoms with Crippen molar-refractivity contribution in [3.05, 3.63) is 47.7 Å². The number of amides is 1. The Morgan fingerprint density at radius 3 is 2.72 bits per heavy atom. The summed E-state index contributed by atoms with van der Waals surface area (Å²) in [6, 6.07) is 5.20.